The van der Waals surface area contributed by atoms with Crippen LogP contribution in [0.15, 0.2) is 12.4 Å². The molecule has 2 heterocycles. The molecule has 0 aromatic carbocycles. The van der Waals surface area contributed by atoms with Crippen molar-refractivity contribution >= 4 is 11.6 Å². The largest absolute Gasteiger partial charge is 0.367 e. The fraction of sp³-hybridized carbons (Fsp3) is 0.615. The van der Waals surface area contributed by atoms with Crippen molar-refractivity contribution in [1.29, 1.82) is 0 Å². The standard InChI is InChI=1S/C13H20N6/c1-9-7-12(19-13(17-9)15-8-16-19)18-11-5-3-10(14-2)4-6-11/h7-8,10-11,14,18H,3-6H2,1-2H3. The van der Waals surface area contributed by atoms with Crippen molar-refractivity contribution in [3.8, 4) is 0 Å². The van der Waals surface area contributed by atoms with Gasteiger partial charge in [0.25, 0.3) is 5.78 Å². The molecular formula is C13H20N6. The monoisotopic (exact) mass is 260 g/mol. The summed E-state index contributed by atoms with van der Waals surface area (Å²) in [6, 6.07) is 3.22. The van der Waals surface area contributed by atoms with E-state index in [1.807, 2.05) is 20.0 Å². The van der Waals surface area contributed by atoms with E-state index in [2.05, 4.69) is 25.7 Å². The van der Waals surface area contributed by atoms with Crippen LogP contribution in [0.1, 0.15) is 31.4 Å². The van der Waals surface area contributed by atoms with Crippen molar-refractivity contribution in [3.05, 3.63) is 18.1 Å². The molecule has 0 spiro atoms. The van der Waals surface area contributed by atoms with Gasteiger partial charge in [-0.1, -0.05) is 0 Å². The van der Waals surface area contributed by atoms with Gasteiger partial charge in [-0.05, 0) is 39.7 Å². The summed E-state index contributed by atoms with van der Waals surface area (Å²) in [6.45, 7) is 1.98. The first-order valence-electron chi connectivity index (χ1n) is 6.87. The summed E-state index contributed by atoms with van der Waals surface area (Å²) < 4.78 is 1.77. The van der Waals surface area contributed by atoms with E-state index < -0.39 is 0 Å². The lowest BCUT2D eigenvalue weighted by Gasteiger charge is -2.29. The maximum absolute atomic E-state index is 4.35. The Morgan fingerprint density at radius 1 is 1.21 bits per heavy atom. The Kier molecular flexibility index (Phi) is 3.33. The highest BCUT2D eigenvalue weighted by molar-refractivity contribution is 5.45. The topological polar surface area (TPSA) is 67.1 Å². The normalized spacial score (nSPS) is 23.7. The zero-order chi connectivity index (χ0) is 13.2. The van der Waals surface area contributed by atoms with E-state index in [1.54, 1.807) is 10.8 Å². The second-order valence-corrected chi connectivity index (χ2v) is 5.24. The van der Waals surface area contributed by atoms with Crippen molar-refractivity contribution in [2.45, 2.75) is 44.7 Å². The Hall–Kier alpha value is -1.69. The molecule has 6 heteroatoms. The Morgan fingerprint density at radius 3 is 2.68 bits per heavy atom. The van der Waals surface area contributed by atoms with Gasteiger partial charge in [-0.15, -0.1) is 0 Å². The molecule has 1 saturated carbocycles. The van der Waals surface area contributed by atoms with Crippen molar-refractivity contribution < 1.29 is 0 Å². The number of nitrogens with zero attached hydrogens (tertiary/aromatic N) is 4. The highest BCUT2D eigenvalue weighted by Crippen LogP contribution is 2.22. The molecule has 0 unspecified atom stereocenters. The lowest BCUT2D eigenvalue weighted by Crippen LogP contribution is -2.35. The molecule has 6 nitrogen and oxygen atoms in total. The van der Waals surface area contributed by atoms with Crippen LogP contribution >= 0.6 is 0 Å². The Labute approximate surface area is 112 Å². The Morgan fingerprint density at radius 2 is 1.95 bits per heavy atom. The van der Waals surface area contributed by atoms with Crippen LogP contribution < -0.4 is 10.6 Å². The lowest BCUT2D eigenvalue weighted by atomic mass is 9.91. The molecule has 19 heavy (non-hydrogen) atoms. The predicted molar refractivity (Wildman–Crippen MR) is 74.2 cm³/mol. The highest BCUT2D eigenvalue weighted by Gasteiger charge is 2.20. The summed E-state index contributed by atoms with van der Waals surface area (Å²) >= 11 is 0. The van der Waals surface area contributed by atoms with E-state index in [9.17, 15) is 0 Å². The molecule has 1 fully saturated rings. The summed E-state index contributed by atoms with van der Waals surface area (Å²) in [5.41, 5.74) is 0.965. The Bertz CT molecular complexity index is 555. The number of hydrogen-bond acceptors (Lipinski definition) is 5. The van der Waals surface area contributed by atoms with Crippen LogP contribution in [0.25, 0.3) is 5.78 Å². The molecule has 3 rings (SSSR count). The first-order chi connectivity index (χ1) is 9.26. The SMILES string of the molecule is CNC1CCC(Nc2cc(C)nc3ncnn23)CC1. The Balaban J connectivity index is 1.76. The fourth-order valence-electron chi connectivity index (χ4n) is 2.77. The summed E-state index contributed by atoms with van der Waals surface area (Å²) in [6.07, 6.45) is 6.36. The van der Waals surface area contributed by atoms with Crippen LogP contribution in [-0.4, -0.2) is 38.7 Å². The van der Waals surface area contributed by atoms with Crippen LogP contribution in [0.5, 0.6) is 0 Å². The first-order valence-corrected chi connectivity index (χ1v) is 6.87. The minimum absolute atomic E-state index is 0.513. The lowest BCUT2D eigenvalue weighted by molar-refractivity contribution is 0.370. The zero-order valence-corrected chi connectivity index (χ0v) is 11.4. The summed E-state index contributed by atoms with van der Waals surface area (Å²) in [4.78, 5) is 8.50. The van der Waals surface area contributed by atoms with Crippen molar-refractivity contribution in [1.82, 2.24) is 24.9 Å². The molecule has 1 aliphatic carbocycles. The minimum Gasteiger partial charge on any atom is -0.367 e. The molecule has 0 amide bonds. The number of hydrogen-bond donors (Lipinski definition) is 2. The molecule has 0 bridgehead atoms. The van der Waals surface area contributed by atoms with Crippen molar-refractivity contribution in [2.75, 3.05) is 12.4 Å². The zero-order valence-electron chi connectivity index (χ0n) is 11.4. The second-order valence-electron chi connectivity index (χ2n) is 5.24. The fourth-order valence-corrected chi connectivity index (χ4v) is 2.77. The summed E-state index contributed by atoms with van der Waals surface area (Å²) in [7, 11) is 2.05. The number of aromatic nitrogens is 4. The molecule has 2 aromatic rings. The number of rotatable bonds is 3. The van der Waals surface area contributed by atoms with Crippen LogP contribution in [0.4, 0.5) is 5.82 Å². The van der Waals surface area contributed by atoms with E-state index >= 15 is 0 Å². The van der Waals surface area contributed by atoms with Crippen LogP contribution in [0.3, 0.4) is 0 Å². The van der Waals surface area contributed by atoms with E-state index in [4.69, 9.17) is 0 Å². The van der Waals surface area contributed by atoms with Crippen LogP contribution in [-0.2, 0) is 0 Å². The van der Waals surface area contributed by atoms with Crippen molar-refractivity contribution in [3.63, 3.8) is 0 Å². The number of nitrogens with one attached hydrogen (secondary N) is 2. The van der Waals surface area contributed by atoms with Gasteiger partial charge in [0, 0.05) is 23.8 Å². The molecule has 0 aliphatic heterocycles. The molecule has 0 saturated heterocycles. The van der Waals surface area contributed by atoms with Crippen molar-refractivity contribution in [2.24, 2.45) is 0 Å². The van der Waals surface area contributed by atoms with Gasteiger partial charge < -0.3 is 10.6 Å². The van der Waals surface area contributed by atoms with Gasteiger partial charge in [-0.25, -0.2) is 4.98 Å². The first kappa shape index (κ1) is 12.3. The molecule has 2 aromatic heterocycles. The molecule has 0 atom stereocenters. The summed E-state index contributed by atoms with van der Waals surface area (Å²) in [5, 5.41) is 11.2. The molecule has 102 valence electrons. The number of fused-ring (bicyclic) bond motifs is 1. The molecule has 0 radical (unpaired) electrons. The molecule has 2 N–H and O–H groups in total. The average molecular weight is 260 g/mol. The van der Waals surface area contributed by atoms with Gasteiger partial charge in [0.2, 0.25) is 0 Å². The third kappa shape index (κ3) is 2.53. The predicted octanol–water partition coefficient (Wildman–Crippen LogP) is 1.38. The van der Waals surface area contributed by atoms with Gasteiger partial charge in [0.1, 0.15) is 12.1 Å². The van der Waals surface area contributed by atoms with Gasteiger partial charge >= 0.3 is 0 Å². The van der Waals surface area contributed by atoms with Crippen LogP contribution in [0, 0.1) is 6.92 Å². The maximum atomic E-state index is 4.35. The maximum Gasteiger partial charge on any atom is 0.254 e. The number of anilines is 1. The quantitative estimate of drug-likeness (QED) is 0.872. The van der Waals surface area contributed by atoms with Gasteiger partial charge in [0.05, 0.1) is 0 Å². The number of aryl methyl sites for hydroxylation is 1. The van der Waals surface area contributed by atoms with E-state index in [0.717, 1.165) is 11.5 Å². The van der Waals surface area contributed by atoms with Gasteiger partial charge in [-0.3, -0.25) is 0 Å². The van der Waals surface area contributed by atoms with E-state index in [1.165, 1.54) is 25.7 Å². The molecular weight excluding hydrogens is 240 g/mol. The van der Waals surface area contributed by atoms with E-state index in [-0.39, 0.29) is 0 Å². The minimum atomic E-state index is 0.513. The average Bonchev–Trinajstić information content (AvgIpc) is 2.88. The highest BCUT2D eigenvalue weighted by atomic mass is 15.4. The van der Waals surface area contributed by atoms with Gasteiger partial charge in [-0.2, -0.15) is 14.6 Å². The third-order valence-corrected chi connectivity index (χ3v) is 3.87. The molecule has 1 aliphatic rings. The second kappa shape index (κ2) is 5.13. The van der Waals surface area contributed by atoms with E-state index in [0.29, 0.717) is 17.9 Å². The third-order valence-electron chi connectivity index (χ3n) is 3.87. The van der Waals surface area contributed by atoms with Gasteiger partial charge in [0.15, 0.2) is 0 Å². The van der Waals surface area contributed by atoms with Crippen LogP contribution in [0.2, 0.25) is 0 Å². The smallest absolute Gasteiger partial charge is 0.254 e. The summed E-state index contributed by atoms with van der Waals surface area (Å²) in [5.74, 6) is 1.65.